The van der Waals surface area contributed by atoms with E-state index in [1.54, 1.807) is 0 Å². The van der Waals surface area contributed by atoms with Gasteiger partial charge in [0, 0.05) is 18.9 Å². The van der Waals surface area contributed by atoms with Gasteiger partial charge >= 0.3 is 0 Å². The Hall–Kier alpha value is -3.07. The van der Waals surface area contributed by atoms with E-state index in [1.165, 1.54) is 16.7 Å². The highest BCUT2D eigenvalue weighted by Gasteiger charge is 2.17. The summed E-state index contributed by atoms with van der Waals surface area (Å²) in [6, 6.07) is 28.7. The van der Waals surface area contributed by atoms with Gasteiger partial charge in [-0.1, -0.05) is 85.8 Å². The highest BCUT2D eigenvalue weighted by Crippen LogP contribution is 2.27. The maximum atomic E-state index is 12.7. The van der Waals surface area contributed by atoms with E-state index >= 15 is 0 Å². The number of hydrogen-bond donors (Lipinski definition) is 1. The van der Waals surface area contributed by atoms with Gasteiger partial charge in [-0.3, -0.25) is 4.79 Å². The second kappa shape index (κ2) is 11.8. The molecule has 30 heavy (non-hydrogen) atoms. The Labute approximate surface area is 180 Å². The molecule has 3 aromatic rings. The van der Waals surface area contributed by atoms with Gasteiger partial charge < -0.3 is 10.1 Å². The van der Waals surface area contributed by atoms with Crippen molar-refractivity contribution in [3.63, 3.8) is 0 Å². The number of carbonyl (C=O) groups excluding carboxylic acids is 1. The van der Waals surface area contributed by atoms with Gasteiger partial charge in [0.1, 0.15) is 5.75 Å². The van der Waals surface area contributed by atoms with Crippen LogP contribution in [0.4, 0.5) is 0 Å². The number of rotatable bonds is 11. The second-order valence-corrected chi connectivity index (χ2v) is 7.49. The first-order valence-corrected chi connectivity index (χ1v) is 10.8. The molecule has 0 radical (unpaired) electrons. The van der Waals surface area contributed by atoms with Crippen LogP contribution in [0.25, 0.3) is 0 Å². The summed E-state index contributed by atoms with van der Waals surface area (Å²) in [7, 11) is 0. The van der Waals surface area contributed by atoms with E-state index in [2.05, 4.69) is 42.6 Å². The summed E-state index contributed by atoms with van der Waals surface area (Å²) >= 11 is 0. The fourth-order valence-electron chi connectivity index (χ4n) is 3.63. The van der Waals surface area contributed by atoms with E-state index in [4.69, 9.17) is 4.74 Å². The lowest BCUT2D eigenvalue weighted by Crippen LogP contribution is -2.26. The van der Waals surface area contributed by atoms with E-state index in [0.29, 0.717) is 13.0 Å². The van der Waals surface area contributed by atoms with E-state index in [0.717, 1.165) is 31.6 Å². The molecule has 0 saturated carbocycles. The summed E-state index contributed by atoms with van der Waals surface area (Å²) in [5.74, 6) is 1.11. The average Bonchev–Trinajstić information content (AvgIpc) is 2.80. The Morgan fingerprint density at radius 2 is 1.47 bits per heavy atom. The second-order valence-electron chi connectivity index (χ2n) is 7.49. The maximum Gasteiger partial charge on any atom is 0.220 e. The minimum Gasteiger partial charge on any atom is -0.493 e. The molecule has 3 nitrogen and oxygen atoms in total. The summed E-state index contributed by atoms with van der Waals surface area (Å²) in [5.41, 5.74) is 3.54. The van der Waals surface area contributed by atoms with E-state index in [1.807, 2.05) is 54.6 Å². The Kier molecular flexibility index (Phi) is 8.52. The van der Waals surface area contributed by atoms with Crippen LogP contribution >= 0.6 is 0 Å². The molecule has 0 unspecified atom stereocenters. The Bertz CT molecular complexity index is 854. The topological polar surface area (TPSA) is 38.3 Å². The smallest absolute Gasteiger partial charge is 0.220 e. The largest absolute Gasteiger partial charge is 0.493 e. The molecule has 0 aliphatic carbocycles. The highest BCUT2D eigenvalue weighted by molar-refractivity contribution is 5.77. The molecule has 0 aliphatic heterocycles. The molecule has 0 aromatic heterocycles. The maximum absolute atomic E-state index is 12.7. The number of para-hydroxylation sites is 1. The predicted octanol–water partition coefficient (Wildman–Crippen LogP) is 5.75. The quantitative estimate of drug-likeness (QED) is 0.416. The third kappa shape index (κ3) is 6.48. The van der Waals surface area contributed by atoms with Crippen molar-refractivity contribution in [1.82, 2.24) is 5.32 Å². The SMILES string of the molecule is CCCOc1ccccc1CCCNC(=O)CC(c1ccccc1)c1ccccc1. The summed E-state index contributed by atoms with van der Waals surface area (Å²) in [6.07, 6.45) is 3.22. The van der Waals surface area contributed by atoms with Crippen LogP contribution in [0, 0.1) is 0 Å². The van der Waals surface area contributed by atoms with Crippen molar-refractivity contribution >= 4 is 5.91 Å². The molecular formula is C27H31NO2. The van der Waals surface area contributed by atoms with Crippen LogP contribution in [0.5, 0.6) is 5.75 Å². The number of carbonyl (C=O) groups is 1. The molecule has 0 bridgehead atoms. The third-order valence-corrected chi connectivity index (χ3v) is 5.17. The van der Waals surface area contributed by atoms with Crippen molar-refractivity contribution < 1.29 is 9.53 Å². The van der Waals surface area contributed by atoms with Crippen LogP contribution in [-0.2, 0) is 11.2 Å². The molecule has 3 aromatic carbocycles. The fraction of sp³-hybridized carbons (Fsp3) is 0.296. The summed E-state index contributed by atoms with van der Waals surface area (Å²) in [6.45, 7) is 3.50. The number of nitrogens with one attached hydrogen (secondary N) is 1. The molecule has 0 fully saturated rings. The lowest BCUT2D eigenvalue weighted by molar-refractivity contribution is -0.121. The van der Waals surface area contributed by atoms with Crippen molar-refractivity contribution in [3.8, 4) is 5.75 Å². The van der Waals surface area contributed by atoms with Crippen LogP contribution < -0.4 is 10.1 Å². The van der Waals surface area contributed by atoms with Crippen LogP contribution in [-0.4, -0.2) is 19.1 Å². The van der Waals surface area contributed by atoms with Gasteiger partial charge in [0.05, 0.1) is 6.61 Å². The van der Waals surface area contributed by atoms with Crippen molar-refractivity contribution in [2.45, 2.75) is 38.5 Å². The number of amides is 1. The first kappa shape index (κ1) is 21.6. The molecule has 0 aliphatic rings. The molecule has 1 N–H and O–H groups in total. The van der Waals surface area contributed by atoms with Crippen molar-refractivity contribution in [2.75, 3.05) is 13.2 Å². The van der Waals surface area contributed by atoms with Gasteiger partial charge in [0.25, 0.3) is 0 Å². The zero-order chi connectivity index (χ0) is 21.0. The van der Waals surface area contributed by atoms with E-state index in [9.17, 15) is 4.79 Å². The first-order chi connectivity index (χ1) is 14.8. The van der Waals surface area contributed by atoms with Gasteiger partial charge in [-0.15, -0.1) is 0 Å². The van der Waals surface area contributed by atoms with Crippen molar-refractivity contribution in [2.24, 2.45) is 0 Å². The van der Waals surface area contributed by atoms with Gasteiger partial charge in [-0.2, -0.15) is 0 Å². The van der Waals surface area contributed by atoms with Gasteiger partial charge in [-0.05, 0) is 42.0 Å². The summed E-state index contributed by atoms with van der Waals surface area (Å²) in [4.78, 5) is 12.7. The molecule has 156 valence electrons. The molecule has 3 rings (SSSR count). The zero-order valence-electron chi connectivity index (χ0n) is 17.7. The normalized spacial score (nSPS) is 10.7. The van der Waals surface area contributed by atoms with E-state index in [-0.39, 0.29) is 11.8 Å². The van der Waals surface area contributed by atoms with Crippen LogP contribution in [0.2, 0.25) is 0 Å². The van der Waals surface area contributed by atoms with Crippen LogP contribution in [0.1, 0.15) is 48.8 Å². The number of ether oxygens (including phenoxy) is 1. The molecule has 0 heterocycles. The first-order valence-electron chi connectivity index (χ1n) is 10.8. The highest BCUT2D eigenvalue weighted by atomic mass is 16.5. The van der Waals surface area contributed by atoms with Crippen LogP contribution in [0.15, 0.2) is 84.9 Å². The zero-order valence-corrected chi connectivity index (χ0v) is 17.7. The molecule has 0 spiro atoms. The minimum absolute atomic E-state index is 0.0653. The van der Waals surface area contributed by atoms with Crippen molar-refractivity contribution in [3.05, 3.63) is 102 Å². The Balaban J connectivity index is 1.53. The lowest BCUT2D eigenvalue weighted by atomic mass is 9.88. The van der Waals surface area contributed by atoms with Gasteiger partial charge in [-0.25, -0.2) is 0 Å². The minimum atomic E-state index is 0.0653. The third-order valence-electron chi connectivity index (χ3n) is 5.17. The van der Waals surface area contributed by atoms with Crippen molar-refractivity contribution in [1.29, 1.82) is 0 Å². The van der Waals surface area contributed by atoms with Gasteiger partial charge in [0.2, 0.25) is 5.91 Å². The number of benzene rings is 3. The van der Waals surface area contributed by atoms with Gasteiger partial charge in [0.15, 0.2) is 0 Å². The molecular weight excluding hydrogens is 370 g/mol. The van der Waals surface area contributed by atoms with E-state index < -0.39 is 0 Å². The Morgan fingerprint density at radius 3 is 2.10 bits per heavy atom. The molecule has 3 heteroatoms. The number of aryl methyl sites for hydroxylation is 1. The predicted molar refractivity (Wildman–Crippen MR) is 123 cm³/mol. The van der Waals surface area contributed by atoms with Crippen LogP contribution in [0.3, 0.4) is 0 Å². The average molecular weight is 402 g/mol. The monoisotopic (exact) mass is 401 g/mol. The summed E-state index contributed by atoms with van der Waals surface area (Å²) in [5, 5.41) is 3.11. The number of hydrogen-bond acceptors (Lipinski definition) is 2. The molecule has 0 atom stereocenters. The Morgan fingerprint density at radius 1 is 0.867 bits per heavy atom. The fourth-order valence-corrected chi connectivity index (χ4v) is 3.63. The standard InChI is InChI=1S/C27H31NO2/c1-2-20-30-26-18-10-9-16-24(26)17-11-19-28-27(29)21-25(22-12-5-3-6-13-22)23-14-7-4-8-15-23/h3-10,12-16,18,25H,2,11,17,19-21H2,1H3,(H,28,29). The molecule has 1 amide bonds. The molecule has 0 saturated heterocycles. The summed E-state index contributed by atoms with van der Waals surface area (Å²) < 4.78 is 5.83. The lowest BCUT2D eigenvalue weighted by Gasteiger charge is -2.18.